The second-order valence-corrected chi connectivity index (χ2v) is 6.84. The fourth-order valence-corrected chi connectivity index (χ4v) is 3.66. The number of carbonyl (C=O) groups excluding carboxylic acids is 1. The van der Waals surface area contributed by atoms with Gasteiger partial charge in [-0.1, -0.05) is 12.1 Å². The fourth-order valence-electron chi connectivity index (χ4n) is 2.92. The molecule has 0 saturated heterocycles. The fraction of sp³-hybridized carbons (Fsp3) is 0.211. The van der Waals surface area contributed by atoms with Crippen LogP contribution in [0, 0.1) is 20.8 Å². The molecule has 0 atom stereocenters. The van der Waals surface area contributed by atoms with Gasteiger partial charge in [-0.3, -0.25) is 10.1 Å². The van der Waals surface area contributed by atoms with E-state index in [9.17, 15) is 18.0 Å². The van der Waals surface area contributed by atoms with E-state index in [1.807, 2.05) is 0 Å². The van der Waals surface area contributed by atoms with Gasteiger partial charge in [-0.05, 0) is 45.4 Å². The van der Waals surface area contributed by atoms with Gasteiger partial charge in [-0.2, -0.15) is 13.2 Å². The van der Waals surface area contributed by atoms with Crippen molar-refractivity contribution in [3.63, 3.8) is 0 Å². The van der Waals surface area contributed by atoms with Crippen molar-refractivity contribution >= 4 is 22.4 Å². The van der Waals surface area contributed by atoms with Gasteiger partial charge in [0.15, 0.2) is 5.13 Å². The van der Waals surface area contributed by atoms with Gasteiger partial charge in [0.1, 0.15) is 0 Å². The first-order valence-corrected chi connectivity index (χ1v) is 9.01. The van der Waals surface area contributed by atoms with Gasteiger partial charge in [0.25, 0.3) is 5.91 Å². The molecule has 1 aromatic carbocycles. The van der Waals surface area contributed by atoms with Crippen LogP contribution in [0.4, 0.5) is 18.3 Å². The summed E-state index contributed by atoms with van der Waals surface area (Å²) in [5, 5.41) is 4.92. The van der Waals surface area contributed by atoms with Crippen molar-refractivity contribution in [1.82, 2.24) is 9.55 Å². The highest BCUT2D eigenvalue weighted by Gasteiger charge is 2.34. The van der Waals surface area contributed by atoms with Crippen molar-refractivity contribution in [3.05, 3.63) is 70.8 Å². The van der Waals surface area contributed by atoms with Crippen LogP contribution in [0.15, 0.2) is 35.7 Å². The van der Waals surface area contributed by atoms with Gasteiger partial charge in [0, 0.05) is 16.8 Å². The summed E-state index contributed by atoms with van der Waals surface area (Å²) in [6.45, 7) is 7.02. The molecule has 3 aromatic rings. The Morgan fingerprint density at radius 2 is 2.00 bits per heavy atom. The Bertz CT molecular complexity index is 988. The number of anilines is 1. The number of alkyl halides is 3. The standard InChI is InChI=1S/C19H17F3N3OS/c1-4-13-10-27-18(23-13)24-17(26)14-9-11(2)25(12(14)3)16-8-6-5-7-15(16)19(20,21)22/h5-10H,1,4H2,2-3H3,(H,23,24,26). The van der Waals surface area contributed by atoms with Crippen LogP contribution in [0.25, 0.3) is 5.69 Å². The molecule has 0 fully saturated rings. The lowest BCUT2D eigenvalue weighted by atomic mass is 10.1. The number of thiazole rings is 1. The van der Waals surface area contributed by atoms with E-state index < -0.39 is 17.6 Å². The van der Waals surface area contributed by atoms with Gasteiger partial charge in [0.2, 0.25) is 0 Å². The maximum absolute atomic E-state index is 13.4. The molecule has 2 aromatic heterocycles. The monoisotopic (exact) mass is 392 g/mol. The number of hydrogen-bond donors (Lipinski definition) is 1. The van der Waals surface area contributed by atoms with E-state index in [1.165, 1.54) is 28.0 Å². The summed E-state index contributed by atoms with van der Waals surface area (Å²) in [6, 6.07) is 6.89. The summed E-state index contributed by atoms with van der Waals surface area (Å²) >= 11 is 1.28. The number of benzene rings is 1. The third-order valence-electron chi connectivity index (χ3n) is 4.15. The molecule has 2 heterocycles. The first kappa shape index (κ1) is 19.2. The highest BCUT2D eigenvalue weighted by molar-refractivity contribution is 7.14. The number of hydrogen-bond acceptors (Lipinski definition) is 3. The van der Waals surface area contributed by atoms with Gasteiger partial charge in [0.05, 0.1) is 22.5 Å². The minimum atomic E-state index is -4.49. The van der Waals surface area contributed by atoms with Crippen molar-refractivity contribution in [3.8, 4) is 5.69 Å². The number of amides is 1. The third-order valence-corrected chi connectivity index (χ3v) is 4.96. The van der Waals surface area contributed by atoms with E-state index in [0.29, 0.717) is 28.5 Å². The van der Waals surface area contributed by atoms with Crippen LogP contribution < -0.4 is 5.32 Å². The highest BCUT2D eigenvalue weighted by Crippen LogP contribution is 2.35. The van der Waals surface area contributed by atoms with Crippen LogP contribution in [-0.2, 0) is 12.6 Å². The minimum absolute atomic E-state index is 0.00681. The Balaban J connectivity index is 2.00. The van der Waals surface area contributed by atoms with Gasteiger partial charge in [-0.25, -0.2) is 4.98 Å². The number of nitrogens with one attached hydrogen (secondary N) is 1. The molecule has 0 saturated carbocycles. The molecule has 0 aliphatic rings. The molecule has 8 heteroatoms. The molecule has 27 heavy (non-hydrogen) atoms. The van der Waals surface area contributed by atoms with Crippen molar-refractivity contribution in [1.29, 1.82) is 0 Å². The largest absolute Gasteiger partial charge is 0.418 e. The SMILES string of the molecule is [CH2]Cc1csc(NC(=O)c2cc(C)n(-c3ccccc3C(F)(F)F)c2C)n1. The predicted octanol–water partition coefficient (Wildman–Crippen LogP) is 5.20. The number of aromatic nitrogens is 2. The summed E-state index contributed by atoms with van der Waals surface area (Å²) < 4.78 is 41.6. The van der Waals surface area contributed by atoms with Crippen molar-refractivity contribution in [2.24, 2.45) is 0 Å². The van der Waals surface area contributed by atoms with Crippen LogP contribution >= 0.6 is 11.3 Å². The first-order valence-electron chi connectivity index (χ1n) is 8.13. The lowest BCUT2D eigenvalue weighted by Gasteiger charge is -2.16. The third kappa shape index (κ3) is 3.75. The molecule has 0 spiro atoms. The van der Waals surface area contributed by atoms with Crippen LogP contribution in [0.2, 0.25) is 0 Å². The van der Waals surface area contributed by atoms with Crippen LogP contribution in [0.1, 0.15) is 33.0 Å². The van der Waals surface area contributed by atoms with E-state index >= 15 is 0 Å². The number of halogens is 3. The summed E-state index contributed by atoms with van der Waals surface area (Å²) in [7, 11) is 0. The number of carbonyl (C=O) groups is 1. The summed E-state index contributed by atoms with van der Waals surface area (Å²) in [5.74, 6) is -0.413. The quantitative estimate of drug-likeness (QED) is 0.664. The van der Waals surface area contributed by atoms with Crippen LogP contribution in [0.5, 0.6) is 0 Å². The molecular weight excluding hydrogens is 375 g/mol. The number of nitrogens with zero attached hydrogens (tertiary/aromatic N) is 2. The van der Waals surface area contributed by atoms with Gasteiger partial charge in [-0.15, -0.1) is 11.3 Å². The van der Waals surface area contributed by atoms with Crippen molar-refractivity contribution in [2.75, 3.05) is 5.32 Å². The second kappa shape index (κ2) is 7.19. The molecule has 0 aliphatic carbocycles. The Morgan fingerprint density at radius 1 is 1.30 bits per heavy atom. The Labute approximate surface area is 158 Å². The maximum atomic E-state index is 13.4. The number of aryl methyl sites for hydroxylation is 1. The lowest BCUT2D eigenvalue weighted by molar-refractivity contribution is -0.137. The maximum Gasteiger partial charge on any atom is 0.418 e. The van der Waals surface area contributed by atoms with Gasteiger partial charge >= 0.3 is 6.18 Å². The zero-order valence-electron chi connectivity index (χ0n) is 14.7. The van der Waals surface area contributed by atoms with E-state index in [2.05, 4.69) is 17.2 Å². The number of para-hydroxylation sites is 1. The summed E-state index contributed by atoms with van der Waals surface area (Å²) in [6.07, 6.45) is -3.98. The molecule has 1 N–H and O–H groups in total. The second-order valence-electron chi connectivity index (χ2n) is 5.98. The normalized spacial score (nSPS) is 11.6. The van der Waals surface area contributed by atoms with Crippen molar-refractivity contribution < 1.29 is 18.0 Å². The molecule has 0 unspecified atom stereocenters. The number of rotatable bonds is 4. The van der Waals surface area contributed by atoms with Crippen LogP contribution in [-0.4, -0.2) is 15.5 Å². The zero-order valence-corrected chi connectivity index (χ0v) is 15.5. The molecule has 0 bridgehead atoms. The zero-order chi connectivity index (χ0) is 19.8. The predicted molar refractivity (Wildman–Crippen MR) is 99.4 cm³/mol. The van der Waals surface area contributed by atoms with E-state index in [4.69, 9.17) is 0 Å². The molecule has 0 aliphatic heterocycles. The van der Waals surface area contributed by atoms with E-state index in [1.54, 1.807) is 31.4 Å². The molecule has 141 valence electrons. The van der Waals surface area contributed by atoms with E-state index in [0.717, 1.165) is 11.8 Å². The average Bonchev–Trinajstić information content (AvgIpc) is 3.18. The molecule has 1 radical (unpaired) electrons. The Morgan fingerprint density at radius 3 is 2.63 bits per heavy atom. The topological polar surface area (TPSA) is 46.9 Å². The highest BCUT2D eigenvalue weighted by atomic mass is 32.1. The first-order chi connectivity index (χ1) is 12.7. The summed E-state index contributed by atoms with van der Waals surface area (Å²) in [4.78, 5) is 16.8. The minimum Gasteiger partial charge on any atom is -0.317 e. The Hall–Kier alpha value is -2.61. The van der Waals surface area contributed by atoms with Gasteiger partial charge < -0.3 is 4.57 Å². The molecule has 1 amide bonds. The molecular formula is C19H17F3N3OS. The smallest absolute Gasteiger partial charge is 0.317 e. The summed E-state index contributed by atoms with van der Waals surface area (Å²) in [5.41, 5.74) is 1.27. The van der Waals surface area contributed by atoms with Crippen molar-refractivity contribution in [2.45, 2.75) is 26.4 Å². The van der Waals surface area contributed by atoms with Crippen LogP contribution in [0.3, 0.4) is 0 Å². The lowest BCUT2D eigenvalue weighted by Crippen LogP contribution is -2.14. The molecule has 4 nitrogen and oxygen atoms in total. The molecule has 3 rings (SSSR count). The Kier molecular flexibility index (Phi) is 5.10. The van der Waals surface area contributed by atoms with E-state index in [-0.39, 0.29) is 5.69 Å². The average molecular weight is 392 g/mol.